The molecule has 1 heterocycles. The molecule has 1 aliphatic heterocycles. The van der Waals surface area contributed by atoms with Crippen LogP contribution in [0, 0.1) is 5.82 Å². The number of hydrogen-bond donors (Lipinski definition) is 1. The molecule has 0 aromatic heterocycles. The molecule has 0 saturated heterocycles. The van der Waals surface area contributed by atoms with Gasteiger partial charge in [-0.15, -0.1) is 0 Å². The summed E-state index contributed by atoms with van der Waals surface area (Å²) in [5.74, 6) is -5.59. The number of halogens is 3. The van der Waals surface area contributed by atoms with Gasteiger partial charge in [-0.25, -0.2) is 9.29 Å². The molecule has 3 aromatic carbocycles. The third-order valence-electron chi connectivity index (χ3n) is 5.94. The van der Waals surface area contributed by atoms with Crippen molar-refractivity contribution in [2.75, 3.05) is 11.5 Å². The molecule has 0 fully saturated rings. The SMILES string of the molecule is CCCOc1c2c(c(OC(F)F)c3ccccc13)C(=O)N(c1ccc(C(CC)C(=O)O)c(F)c1)C2=O. The number of ether oxygens (including phenoxy) is 2. The molecule has 1 N–H and O–H groups in total. The Hall–Kier alpha value is -4.08. The lowest BCUT2D eigenvalue weighted by atomic mass is 9.96. The van der Waals surface area contributed by atoms with Gasteiger partial charge in [-0.3, -0.25) is 14.4 Å². The summed E-state index contributed by atoms with van der Waals surface area (Å²) in [5, 5.41) is 9.81. The van der Waals surface area contributed by atoms with Crippen LogP contribution in [-0.4, -0.2) is 36.1 Å². The molecule has 1 aliphatic rings. The lowest BCUT2D eigenvalue weighted by Crippen LogP contribution is -2.29. The van der Waals surface area contributed by atoms with Gasteiger partial charge in [-0.1, -0.05) is 44.2 Å². The van der Waals surface area contributed by atoms with Gasteiger partial charge in [0.15, 0.2) is 0 Å². The summed E-state index contributed by atoms with van der Waals surface area (Å²) in [6.07, 6.45) is 0.691. The quantitative estimate of drug-likeness (QED) is 0.376. The van der Waals surface area contributed by atoms with Gasteiger partial charge < -0.3 is 14.6 Å². The van der Waals surface area contributed by atoms with Gasteiger partial charge in [0, 0.05) is 16.3 Å². The Morgan fingerprint density at radius 2 is 1.61 bits per heavy atom. The monoisotopic (exact) mass is 501 g/mol. The van der Waals surface area contributed by atoms with E-state index in [1.165, 1.54) is 18.2 Å². The van der Waals surface area contributed by atoms with E-state index in [-0.39, 0.29) is 41.0 Å². The van der Waals surface area contributed by atoms with Crippen LogP contribution in [0.4, 0.5) is 18.9 Å². The van der Waals surface area contributed by atoms with Gasteiger partial charge in [0.05, 0.1) is 29.3 Å². The second-order valence-electron chi connectivity index (χ2n) is 8.13. The van der Waals surface area contributed by atoms with Gasteiger partial charge in [0.25, 0.3) is 11.8 Å². The van der Waals surface area contributed by atoms with Gasteiger partial charge in [-0.2, -0.15) is 8.78 Å². The zero-order valence-electron chi connectivity index (χ0n) is 19.4. The van der Waals surface area contributed by atoms with E-state index >= 15 is 0 Å². The van der Waals surface area contributed by atoms with Gasteiger partial charge in [0.1, 0.15) is 17.3 Å². The number of fused-ring (bicyclic) bond motifs is 2. The van der Waals surface area contributed by atoms with Crippen molar-refractivity contribution in [3.8, 4) is 11.5 Å². The van der Waals surface area contributed by atoms with Crippen LogP contribution >= 0.6 is 0 Å². The second kappa shape index (κ2) is 9.88. The number of alkyl halides is 2. The predicted octanol–water partition coefficient (Wildman–Crippen LogP) is 5.75. The Morgan fingerprint density at radius 1 is 1.00 bits per heavy atom. The Balaban J connectivity index is 1.92. The highest BCUT2D eigenvalue weighted by atomic mass is 19.3. The molecule has 0 bridgehead atoms. The molecule has 3 aromatic rings. The molecule has 188 valence electrons. The molecule has 0 aliphatic carbocycles. The number of carbonyl (C=O) groups excluding carboxylic acids is 2. The third kappa shape index (κ3) is 4.12. The summed E-state index contributed by atoms with van der Waals surface area (Å²) in [7, 11) is 0. The highest BCUT2D eigenvalue weighted by molar-refractivity contribution is 6.38. The Kier molecular flexibility index (Phi) is 6.87. The van der Waals surface area contributed by atoms with Crippen LogP contribution in [0.5, 0.6) is 11.5 Å². The number of carboxylic acids is 1. The topological polar surface area (TPSA) is 93.1 Å². The number of imide groups is 1. The van der Waals surface area contributed by atoms with Crippen molar-refractivity contribution in [3.63, 3.8) is 0 Å². The maximum atomic E-state index is 14.9. The Labute approximate surface area is 204 Å². The summed E-state index contributed by atoms with van der Waals surface area (Å²) >= 11 is 0. The van der Waals surface area contributed by atoms with Crippen molar-refractivity contribution in [2.45, 2.75) is 39.2 Å². The van der Waals surface area contributed by atoms with E-state index in [9.17, 15) is 32.7 Å². The number of benzene rings is 3. The fourth-order valence-corrected chi connectivity index (χ4v) is 4.36. The number of hydrogen-bond acceptors (Lipinski definition) is 5. The standard InChI is InChI=1S/C26H22F3NO6/c1-3-11-35-21-16-7-5-6-8-17(16)22(36-26(28)29)20-19(21)23(31)30(24(20)32)13-9-10-15(18(27)12-13)14(4-2)25(33)34/h5-10,12,14,26H,3-4,11H2,1-2H3,(H,33,34). The highest BCUT2D eigenvalue weighted by Crippen LogP contribution is 2.46. The van der Waals surface area contributed by atoms with Crippen LogP contribution < -0.4 is 14.4 Å². The number of carboxylic acid groups (broad SMARTS) is 1. The Morgan fingerprint density at radius 3 is 2.14 bits per heavy atom. The fourth-order valence-electron chi connectivity index (χ4n) is 4.36. The van der Waals surface area contributed by atoms with Gasteiger partial charge in [-0.05, 0) is 25.0 Å². The van der Waals surface area contributed by atoms with Crippen molar-refractivity contribution in [3.05, 3.63) is 65.0 Å². The first-order valence-electron chi connectivity index (χ1n) is 11.3. The molecule has 0 spiro atoms. The largest absolute Gasteiger partial charge is 0.492 e. The minimum atomic E-state index is -3.28. The molecule has 4 rings (SSSR count). The number of carbonyl (C=O) groups is 3. The Bertz CT molecular complexity index is 1370. The molecule has 1 unspecified atom stereocenters. The second-order valence-corrected chi connectivity index (χ2v) is 8.13. The lowest BCUT2D eigenvalue weighted by Gasteiger charge is -2.17. The van der Waals surface area contributed by atoms with Crippen molar-refractivity contribution < 1.29 is 42.1 Å². The molecule has 1 atom stereocenters. The summed E-state index contributed by atoms with van der Waals surface area (Å²) in [6, 6.07) is 9.53. The van der Waals surface area contributed by atoms with E-state index in [1.807, 2.05) is 6.92 Å². The zero-order chi connectivity index (χ0) is 26.1. The van der Waals surface area contributed by atoms with Crippen LogP contribution in [0.1, 0.15) is 58.9 Å². The average Bonchev–Trinajstić information content (AvgIpc) is 3.09. The number of nitrogens with zero attached hydrogens (tertiary/aromatic N) is 1. The van der Waals surface area contributed by atoms with E-state index in [0.717, 1.165) is 6.07 Å². The van der Waals surface area contributed by atoms with Crippen molar-refractivity contribution in [2.24, 2.45) is 0 Å². The van der Waals surface area contributed by atoms with E-state index in [1.54, 1.807) is 25.1 Å². The molecule has 0 radical (unpaired) electrons. The minimum Gasteiger partial charge on any atom is -0.492 e. The number of rotatable bonds is 9. The minimum absolute atomic E-state index is 0.0407. The fraction of sp³-hybridized carbons (Fsp3) is 0.269. The summed E-state index contributed by atoms with van der Waals surface area (Å²) in [4.78, 5) is 39.1. The van der Waals surface area contributed by atoms with Crippen LogP contribution in [0.25, 0.3) is 10.8 Å². The molecular formula is C26H22F3NO6. The maximum Gasteiger partial charge on any atom is 0.387 e. The molecule has 7 nitrogen and oxygen atoms in total. The summed E-state index contributed by atoms with van der Waals surface area (Å²) < 4.78 is 52.2. The third-order valence-corrected chi connectivity index (χ3v) is 5.94. The average molecular weight is 501 g/mol. The van der Waals surface area contributed by atoms with Crippen LogP contribution in [0.3, 0.4) is 0 Å². The number of aliphatic carboxylic acids is 1. The predicted molar refractivity (Wildman–Crippen MR) is 125 cm³/mol. The first-order valence-corrected chi connectivity index (χ1v) is 11.3. The number of anilines is 1. The molecule has 36 heavy (non-hydrogen) atoms. The van der Waals surface area contributed by atoms with E-state index in [0.29, 0.717) is 16.7 Å². The van der Waals surface area contributed by atoms with Crippen molar-refractivity contribution in [1.82, 2.24) is 0 Å². The maximum absolute atomic E-state index is 14.9. The van der Waals surface area contributed by atoms with E-state index in [2.05, 4.69) is 0 Å². The van der Waals surface area contributed by atoms with Crippen molar-refractivity contribution >= 4 is 34.2 Å². The van der Waals surface area contributed by atoms with Crippen LogP contribution in [0.2, 0.25) is 0 Å². The lowest BCUT2D eigenvalue weighted by molar-refractivity contribution is -0.138. The van der Waals surface area contributed by atoms with Crippen LogP contribution in [0.15, 0.2) is 42.5 Å². The zero-order valence-corrected chi connectivity index (χ0v) is 19.4. The highest BCUT2D eigenvalue weighted by Gasteiger charge is 2.44. The first-order chi connectivity index (χ1) is 17.2. The molecule has 2 amide bonds. The number of amides is 2. The first kappa shape index (κ1) is 25.0. The normalized spacial score (nSPS) is 13.9. The molecule has 0 saturated carbocycles. The van der Waals surface area contributed by atoms with Crippen LogP contribution in [-0.2, 0) is 4.79 Å². The van der Waals surface area contributed by atoms with Gasteiger partial charge in [0.2, 0.25) is 0 Å². The summed E-state index contributed by atoms with van der Waals surface area (Å²) in [5.41, 5.74) is -0.961. The smallest absolute Gasteiger partial charge is 0.387 e. The molecular weight excluding hydrogens is 479 g/mol. The molecule has 10 heteroatoms. The van der Waals surface area contributed by atoms with E-state index < -0.39 is 47.4 Å². The summed E-state index contributed by atoms with van der Waals surface area (Å²) in [6.45, 7) is 0.324. The van der Waals surface area contributed by atoms with E-state index in [4.69, 9.17) is 9.47 Å². The van der Waals surface area contributed by atoms with Gasteiger partial charge >= 0.3 is 12.6 Å². The van der Waals surface area contributed by atoms with Crippen molar-refractivity contribution in [1.29, 1.82) is 0 Å².